The van der Waals surface area contributed by atoms with Gasteiger partial charge in [-0.05, 0) is 35.9 Å². The van der Waals surface area contributed by atoms with Gasteiger partial charge in [-0.2, -0.15) is 13.2 Å². The van der Waals surface area contributed by atoms with Gasteiger partial charge < -0.3 is 5.11 Å². The number of phenols is 1. The third-order valence-electron chi connectivity index (χ3n) is 3.03. The van der Waals surface area contributed by atoms with E-state index in [2.05, 4.69) is 0 Å². The van der Waals surface area contributed by atoms with Crippen LogP contribution in [0.4, 0.5) is 17.6 Å². The molecule has 2 aromatic carbocycles. The van der Waals surface area contributed by atoms with Crippen molar-refractivity contribution in [3.8, 4) is 5.75 Å². The van der Waals surface area contributed by atoms with Crippen LogP contribution in [0.1, 0.15) is 11.1 Å². The topological polar surface area (TPSA) is 66.4 Å². The minimum absolute atomic E-state index is 0.0757. The first-order valence-electron chi connectivity index (χ1n) is 6.44. The van der Waals surface area contributed by atoms with Crippen LogP contribution in [0.5, 0.6) is 5.75 Å². The van der Waals surface area contributed by atoms with Gasteiger partial charge in [0, 0.05) is 11.6 Å². The Morgan fingerprint density at radius 3 is 2.32 bits per heavy atom. The molecule has 2 aromatic rings. The summed E-state index contributed by atoms with van der Waals surface area (Å²) in [7, 11) is -4.37. The van der Waals surface area contributed by atoms with Crippen LogP contribution in [0.2, 0.25) is 10.0 Å². The van der Waals surface area contributed by atoms with E-state index in [0.717, 1.165) is 18.2 Å². The summed E-state index contributed by atoms with van der Waals surface area (Å²) in [6.45, 7) is -0.646. The maximum Gasteiger partial charge on any atom is 0.416 e. The quantitative estimate of drug-likeness (QED) is 0.727. The van der Waals surface area contributed by atoms with Gasteiger partial charge in [-0.1, -0.05) is 23.2 Å². The molecule has 0 heterocycles. The maximum absolute atomic E-state index is 13.3. The van der Waals surface area contributed by atoms with E-state index in [9.17, 15) is 31.1 Å². The van der Waals surface area contributed by atoms with E-state index in [1.807, 2.05) is 4.72 Å². The molecular weight excluding hydrogens is 409 g/mol. The van der Waals surface area contributed by atoms with Crippen LogP contribution in [0.25, 0.3) is 0 Å². The highest BCUT2D eigenvalue weighted by Crippen LogP contribution is 2.34. The zero-order valence-electron chi connectivity index (χ0n) is 12.0. The fourth-order valence-electron chi connectivity index (χ4n) is 1.92. The lowest BCUT2D eigenvalue weighted by atomic mass is 10.1. The van der Waals surface area contributed by atoms with E-state index >= 15 is 0 Å². The summed E-state index contributed by atoms with van der Waals surface area (Å²) in [6.07, 6.45) is -4.78. The van der Waals surface area contributed by atoms with Crippen LogP contribution >= 0.6 is 23.2 Å². The molecule has 0 saturated heterocycles. The van der Waals surface area contributed by atoms with E-state index in [0.29, 0.717) is 12.1 Å². The molecule has 0 unspecified atom stereocenters. The van der Waals surface area contributed by atoms with Crippen LogP contribution in [-0.2, 0) is 22.7 Å². The maximum atomic E-state index is 13.3. The minimum atomic E-state index is -4.78. The Hall–Kier alpha value is -1.55. The molecule has 0 bridgehead atoms. The molecule has 0 atom stereocenters. The molecule has 0 aliphatic rings. The number of rotatable bonds is 4. The van der Waals surface area contributed by atoms with Gasteiger partial charge in [0.25, 0.3) is 0 Å². The fourth-order valence-corrected chi connectivity index (χ4v) is 3.69. The highest BCUT2D eigenvalue weighted by molar-refractivity contribution is 7.89. The van der Waals surface area contributed by atoms with Crippen molar-refractivity contribution < 1.29 is 31.1 Å². The minimum Gasteiger partial charge on any atom is -0.505 e. The SMILES string of the molecule is O=S(=O)(NCc1cc(F)cc(C(F)(F)F)c1)c1cc(Cl)cc(Cl)c1O. The summed E-state index contributed by atoms with van der Waals surface area (Å²) >= 11 is 11.3. The number of nitrogens with one attached hydrogen (secondary N) is 1. The number of halogens is 6. The molecule has 0 spiro atoms. The van der Waals surface area contributed by atoms with E-state index in [1.54, 1.807) is 0 Å². The summed E-state index contributed by atoms with van der Waals surface area (Å²) in [5.74, 6) is -1.94. The third kappa shape index (κ3) is 4.75. The van der Waals surface area contributed by atoms with E-state index < -0.39 is 44.8 Å². The van der Waals surface area contributed by atoms with Crippen LogP contribution in [-0.4, -0.2) is 13.5 Å². The number of alkyl halides is 3. The second-order valence-electron chi connectivity index (χ2n) is 4.90. The Morgan fingerprint density at radius 1 is 1.08 bits per heavy atom. The van der Waals surface area contributed by atoms with E-state index in [1.165, 1.54) is 0 Å². The standard InChI is InChI=1S/C14H9Cl2F4NO3S/c15-9-4-11(16)13(22)12(5-9)25(23,24)21-6-7-1-8(14(18,19)20)3-10(17)2-7/h1-5,21-22H,6H2. The van der Waals surface area contributed by atoms with Gasteiger partial charge in [-0.25, -0.2) is 17.5 Å². The zero-order chi connectivity index (χ0) is 19.0. The van der Waals surface area contributed by atoms with Crippen molar-refractivity contribution >= 4 is 33.2 Å². The van der Waals surface area contributed by atoms with Crippen LogP contribution in [0, 0.1) is 5.82 Å². The molecule has 0 aliphatic carbocycles. The average Bonchev–Trinajstić information content (AvgIpc) is 2.47. The molecule has 0 aliphatic heterocycles. The lowest BCUT2D eigenvalue weighted by Crippen LogP contribution is -2.23. The summed E-state index contributed by atoms with van der Waals surface area (Å²) in [5.41, 5.74) is -1.51. The average molecular weight is 418 g/mol. The van der Waals surface area contributed by atoms with Gasteiger partial charge in [0.05, 0.1) is 10.6 Å². The number of aromatic hydroxyl groups is 1. The van der Waals surface area contributed by atoms with Crippen LogP contribution < -0.4 is 4.72 Å². The first kappa shape index (κ1) is 19.8. The van der Waals surface area contributed by atoms with E-state index in [4.69, 9.17) is 23.2 Å². The molecule has 2 N–H and O–H groups in total. The van der Waals surface area contributed by atoms with Gasteiger partial charge in [0.1, 0.15) is 10.7 Å². The Morgan fingerprint density at radius 2 is 1.72 bits per heavy atom. The largest absolute Gasteiger partial charge is 0.505 e. The van der Waals surface area contributed by atoms with Crippen molar-refractivity contribution in [2.75, 3.05) is 0 Å². The molecule has 0 amide bonds. The molecule has 0 fully saturated rings. The van der Waals surface area contributed by atoms with Crippen LogP contribution in [0.15, 0.2) is 35.2 Å². The van der Waals surface area contributed by atoms with Gasteiger partial charge in [0.15, 0.2) is 5.75 Å². The Bertz CT molecular complexity index is 917. The Kier molecular flexibility index (Phi) is 5.53. The number of sulfonamides is 1. The van der Waals surface area contributed by atoms with E-state index in [-0.39, 0.29) is 15.6 Å². The first-order valence-corrected chi connectivity index (χ1v) is 8.68. The van der Waals surface area contributed by atoms with Crippen molar-refractivity contribution in [1.82, 2.24) is 4.72 Å². The number of phenolic OH excluding ortho intramolecular Hbond substituents is 1. The summed E-state index contributed by atoms with van der Waals surface area (Å²) < 4.78 is 77.6. The predicted molar refractivity (Wildman–Crippen MR) is 83.6 cm³/mol. The summed E-state index contributed by atoms with van der Waals surface area (Å²) in [6, 6.07) is 3.68. The molecule has 11 heteroatoms. The number of benzene rings is 2. The highest BCUT2D eigenvalue weighted by Gasteiger charge is 2.31. The number of hydrogen-bond donors (Lipinski definition) is 2. The van der Waals surface area contributed by atoms with Crippen LogP contribution in [0.3, 0.4) is 0 Å². The molecule has 0 radical (unpaired) electrons. The number of hydrogen-bond acceptors (Lipinski definition) is 3. The van der Waals surface area contributed by atoms with Crippen molar-refractivity contribution in [2.24, 2.45) is 0 Å². The third-order valence-corrected chi connectivity index (χ3v) is 4.95. The molecular formula is C14H9Cl2F4NO3S. The predicted octanol–water partition coefficient (Wildman–Crippen LogP) is 4.34. The monoisotopic (exact) mass is 417 g/mol. The molecule has 0 aromatic heterocycles. The second kappa shape index (κ2) is 6.99. The van der Waals surface area contributed by atoms with Gasteiger partial charge in [-0.15, -0.1) is 0 Å². The summed E-state index contributed by atoms with van der Waals surface area (Å²) in [4.78, 5) is -0.655. The fraction of sp³-hybridized carbons (Fsp3) is 0.143. The lowest BCUT2D eigenvalue weighted by Gasteiger charge is -2.12. The van der Waals surface area contributed by atoms with Gasteiger partial charge in [-0.3, -0.25) is 0 Å². The Balaban J connectivity index is 2.31. The second-order valence-corrected chi connectivity index (χ2v) is 7.48. The first-order chi connectivity index (χ1) is 11.4. The summed E-state index contributed by atoms with van der Waals surface area (Å²) in [5, 5.41) is 9.33. The smallest absolute Gasteiger partial charge is 0.416 e. The van der Waals surface area contributed by atoms with Gasteiger partial charge >= 0.3 is 6.18 Å². The van der Waals surface area contributed by atoms with Crippen molar-refractivity contribution in [1.29, 1.82) is 0 Å². The molecule has 2 rings (SSSR count). The molecule has 4 nitrogen and oxygen atoms in total. The lowest BCUT2D eigenvalue weighted by molar-refractivity contribution is -0.137. The van der Waals surface area contributed by atoms with Crippen molar-refractivity contribution in [3.05, 3.63) is 57.3 Å². The normalized spacial score (nSPS) is 12.4. The van der Waals surface area contributed by atoms with Crippen molar-refractivity contribution in [2.45, 2.75) is 17.6 Å². The van der Waals surface area contributed by atoms with Crippen molar-refractivity contribution in [3.63, 3.8) is 0 Å². The van der Waals surface area contributed by atoms with Gasteiger partial charge in [0.2, 0.25) is 10.0 Å². The molecule has 136 valence electrons. The molecule has 25 heavy (non-hydrogen) atoms. The zero-order valence-corrected chi connectivity index (χ0v) is 14.4. The highest BCUT2D eigenvalue weighted by atomic mass is 35.5. The molecule has 0 saturated carbocycles. The Labute approximate surface area is 150 Å².